The van der Waals surface area contributed by atoms with Gasteiger partial charge in [-0.2, -0.15) is 0 Å². The van der Waals surface area contributed by atoms with Crippen LogP contribution >= 0.6 is 0 Å². The van der Waals surface area contributed by atoms with Gasteiger partial charge in [0, 0.05) is 19.0 Å². The highest BCUT2D eigenvalue weighted by Crippen LogP contribution is 2.30. The normalized spacial score (nSPS) is 28.2. The second kappa shape index (κ2) is 7.09. The summed E-state index contributed by atoms with van der Waals surface area (Å²) >= 11 is 0. The van der Waals surface area contributed by atoms with Crippen LogP contribution in [0.4, 0.5) is 0 Å². The van der Waals surface area contributed by atoms with Gasteiger partial charge in [0.1, 0.15) is 0 Å². The number of piperidine rings is 1. The lowest BCUT2D eigenvalue weighted by atomic mass is 9.82. The van der Waals surface area contributed by atoms with E-state index in [1.807, 2.05) is 11.8 Å². The molecule has 1 saturated carbocycles. The summed E-state index contributed by atoms with van der Waals surface area (Å²) in [5.41, 5.74) is 0. The monoisotopic (exact) mass is 281 g/mol. The Bertz CT molecular complexity index is 340. The summed E-state index contributed by atoms with van der Waals surface area (Å²) in [6.07, 6.45) is 5.95. The SMILES string of the molecule is CCOC(=O)C1CCN(C(=O)C2CCC(C)CC2)CC1. The number of rotatable bonds is 3. The third-order valence-corrected chi connectivity index (χ3v) is 4.79. The summed E-state index contributed by atoms with van der Waals surface area (Å²) in [7, 11) is 0. The highest BCUT2D eigenvalue weighted by molar-refractivity contribution is 5.79. The van der Waals surface area contributed by atoms with Crippen LogP contribution in [0, 0.1) is 17.8 Å². The van der Waals surface area contributed by atoms with Crippen LogP contribution in [-0.2, 0) is 14.3 Å². The topological polar surface area (TPSA) is 46.6 Å². The number of esters is 1. The van der Waals surface area contributed by atoms with Crippen molar-refractivity contribution in [3.05, 3.63) is 0 Å². The molecule has 2 aliphatic rings. The van der Waals surface area contributed by atoms with Gasteiger partial charge >= 0.3 is 5.97 Å². The third kappa shape index (κ3) is 3.74. The van der Waals surface area contributed by atoms with Gasteiger partial charge < -0.3 is 9.64 Å². The van der Waals surface area contributed by atoms with Gasteiger partial charge in [-0.25, -0.2) is 0 Å². The number of hydrogen-bond donors (Lipinski definition) is 0. The van der Waals surface area contributed by atoms with Gasteiger partial charge in [0.25, 0.3) is 0 Å². The van der Waals surface area contributed by atoms with Gasteiger partial charge in [-0.15, -0.1) is 0 Å². The van der Waals surface area contributed by atoms with Gasteiger partial charge in [0.05, 0.1) is 12.5 Å². The lowest BCUT2D eigenvalue weighted by Crippen LogP contribution is -2.44. The molecule has 0 radical (unpaired) electrons. The molecule has 0 atom stereocenters. The van der Waals surface area contributed by atoms with Crippen LogP contribution in [0.2, 0.25) is 0 Å². The summed E-state index contributed by atoms with van der Waals surface area (Å²) in [5.74, 6) is 1.22. The first-order chi connectivity index (χ1) is 9.61. The number of hydrogen-bond acceptors (Lipinski definition) is 3. The Kier molecular flexibility index (Phi) is 5.44. The fourth-order valence-electron chi connectivity index (χ4n) is 3.36. The highest BCUT2D eigenvalue weighted by atomic mass is 16.5. The van der Waals surface area contributed by atoms with Gasteiger partial charge in [-0.3, -0.25) is 9.59 Å². The number of nitrogens with zero attached hydrogens (tertiary/aromatic N) is 1. The van der Waals surface area contributed by atoms with Crippen molar-refractivity contribution in [2.24, 2.45) is 17.8 Å². The minimum absolute atomic E-state index is 0.00891. The summed E-state index contributed by atoms with van der Waals surface area (Å²) in [4.78, 5) is 26.1. The Balaban J connectivity index is 1.78. The molecule has 4 nitrogen and oxygen atoms in total. The summed E-state index contributed by atoms with van der Waals surface area (Å²) < 4.78 is 5.06. The molecule has 1 aliphatic carbocycles. The van der Waals surface area contributed by atoms with Crippen molar-refractivity contribution in [2.75, 3.05) is 19.7 Å². The molecule has 2 rings (SSSR count). The van der Waals surface area contributed by atoms with E-state index >= 15 is 0 Å². The van der Waals surface area contributed by atoms with E-state index in [4.69, 9.17) is 4.74 Å². The van der Waals surface area contributed by atoms with E-state index in [0.29, 0.717) is 25.6 Å². The summed E-state index contributed by atoms with van der Waals surface area (Å²) in [5, 5.41) is 0. The molecular weight excluding hydrogens is 254 g/mol. The van der Waals surface area contributed by atoms with E-state index in [0.717, 1.165) is 31.6 Å². The highest BCUT2D eigenvalue weighted by Gasteiger charge is 2.32. The molecule has 1 saturated heterocycles. The molecule has 1 heterocycles. The van der Waals surface area contributed by atoms with Crippen LogP contribution in [-0.4, -0.2) is 36.5 Å². The maximum Gasteiger partial charge on any atom is 0.309 e. The minimum Gasteiger partial charge on any atom is -0.466 e. The van der Waals surface area contributed by atoms with E-state index in [1.165, 1.54) is 12.8 Å². The fraction of sp³-hybridized carbons (Fsp3) is 0.875. The van der Waals surface area contributed by atoms with Crippen molar-refractivity contribution in [3.8, 4) is 0 Å². The zero-order valence-electron chi connectivity index (χ0n) is 12.8. The van der Waals surface area contributed by atoms with Crippen molar-refractivity contribution in [1.29, 1.82) is 0 Å². The number of likely N-dealkylation sites (tertiary alicyclic amines) is 1. The maximum atomic E-state index is 12.5. The largest absolute Gasteiger partial charge is 0.466 e. The molecule has 4 heteroatoms. The quantitative estimate of drug-likeness (QED) is 0.747. The second-order valence-corrected chi connectivity index (χ2v) is 6.31. The molecule has 0 bridgehead atoms. The van der Waals surface area contributed by atoms with Crippen molar-refractivity contribution in [1.82, 2.24) is 4.90 Å². The van der Waals surface area contributed by atoms with Gasteiger partial charge in [-0.05, 0) is 51.4 Å². The van der Waals surface area contributed by atoms with Crippen molar-refractivity contribution < 1.29 is 14.3 Å². The number of carbonyl (C=O) groups is 2. The first kappa shape index (κ1) is 15.3. The minimum atomic E-state index is -0.0916. The van der Waals surface area contributed by atoms with Gasteiger partial charge in [-0.1, -0.05) is 6.92 Å². The standard InChI is InChI=1S/C16H27NO3/c1-3-20-16(19)14-8-10-17(11-9-14)15(18)13-6-4-12(2)5-7-13/h12-14H,3-11H2,1-2H3. The maximum absolute atomic E-state index is 12.5. The Labute approximate surface area is 121 Å². The van der Waals surface area contributed by atoms with Crippen molar-refractivity contribution in [3.63, 3.8) is 0 Å². The molecule has 114 valence electrons. The predicted octanol–water partition coefficient (Wildman–Crippen LogP) is 2.61. The molecule has 1 amide bonds. The molecule has 0 aromatic heterocycles. The lowest BCUT2D eigenvalue weighted by Gasteiger charge is -2.35. The fourth-order valence-corrected chi connectivity index (χ4v) is 3.36. The number of ether oxygens (including phenoxy) is 1. The molecule has 0 unspecified atom stereocenters. The van der Waals surface area contributed by atoms with Crippen LogP contribution in [0.5, 0.6) is 0 Å². The van der Waals surface area contributed by atoms with E-state index in [1.54, 1.807) is 0 Å². The zero-order chi connectivity index (χ0) is 14.5. The van der Waals surface area contributed by atoms with Crippen LogP contribution in [0.25, 0.3) is 0 Å². The first-order valence-corrected chi connectivity index (χ1v) is 8.07. The lowest BCUT2D eigenvalue weighted by molar-refractivity contribution is -0.152. The van der Waals surface area contributed by atoms with E-state index < -0.39 is 0 Å². The van der Waals surface area contributed by atoms with E-state index in [-0.39, 0.29) is 17.8 Å². The summed E-state index contributed by atoms with van der Waals surface area (Å²) in [6, 6.07) is 0. The molecule has 0 spiro atoms. The zero-order valence-corrected chi connectivity index (χ0v) is 12.8. The molecule has 0 N–H and O–H groups in total. The Morgan fingerprint density at radius 1 is 1.00 bits per heavy atom. The molecular formula is C16H27NO3. The van der Waals surface area contributed by atoms with Crippen molar-refractivity contribution >= 4 is 11.9 Å². The van der Waals surface area contributed by atoms with Crippen LogP contribution in [0.3, 0.4) is 0 Å². The molecule has 0 aromatic rings. The Morgan fingerprint density at radius 3 is 2.15 bits per heavy atom. The third-order valence-electron chi connectivity index (χ3n) is 4.79. The number of amides is 1. The van der Waals surface area contributed by atoms with Crippen LogP contribution in [0.1, 0.15) is 52.4 Å². The van der Waals surface area contributed by atoms with Crippen LogP contribution in [0.15, 0.2) is 0 Å². The predicted molar refractivity (Wildman–Crippen MR) is 77.1 cm³/mol. The van der Waals surface area contributed by atoms with E-state index in [9.17, 15) is 9.59 Å². The smallest absolute Gasteiger partial charge is 0.309 e. The van der Waals surface area contributed by atoms with Crippen LogP contribution < -0.4 is 0 Å². The average molecular weight is 281 g/mol. The number of carbonyl (C=O) groups excluding carboxylic acids is 2. The van der Waals surface area contributed by atoms with Gasteiger partial charge in [0.2, 0.25) is 5.91 Å². The molecule has 1 aliphatic heterocycles. The molecule has 20 heavy (non-hydrogen) atoms. The Hall–Kier alpha value is -1.06. The van der Waals surface area contributed by atoms with Crippen molar-refractivity contribution in [2.45, 2.75) is 52.4 Å². The second-order valence-electron chi connectivity index (χ2n) is 6.31. The molecule has 2 fully saturated rings. The summed E-state index contributed by atoms with van der Waals surface area (Å²) in [6.45, 7) is 5.98. The average Bonchev–Trinajstić information content (AvgIpc) is 2.48. The Morgan fingerprint density at radius 2 is 1.60 bits per heavy atom. The van der Waals surface area contributed by atoms with Gasteiger partial charge in [0.15, 0.2) is 0 Å². The molecule has 0 aromatic carbocycles. The van der Waals surface area contributed by atoms with E-state index in [2.05, 4.69) is 6.92 Å². The first-order valence-electron chi connectivity index (χ1n) is 8.07.